The standard InChI is InChI=1S/C132H150N10/c1-121(2,3)79-49-73(50-80(61-79)122(4,5)6)114-100-38-37-91(133-100)67-107-92-68-112(139-107)118(77-57-87(129(25,26)27)65-88(58-77)130(28,29)30)113-71-95(120(142-113)119(106-48-47-101(114)138-106)78-59-89(131(31,32)33)66-90(60-78)132(34,35)36)99-42-41-98(135-99)94-70-111-117(76-55-85(127(19,20)21)64-86(56-76)128(22,23)24)105-46-44-103(137-105)115(74-51-81(123(7,8)9)62-82(52-74)124(10,11)12)102-43-45-104(136-102)116(75-53-83(125(13,14)15)63-84(54-75)126(16,17)18)110-69-93(97-40-39-96(92)134-97)108(140-110)72-109(94)141-111/h37-72,133-136,141-142H,1-36H3. The highest BCUT2D eigenvalue weighted by Crippen LogP contribution is 2.52. The largest absolute Gasteiger partial charge is 0.355 e. The minimum atomic E-state index is -0.257. The van der Waals surface area contributed by atoms with Gasteiger partial charge in [0, 0.05) is 112 Å². The van der Waals surface area contributed by atoms with Gasteiger partial charge in [-0.3, -0.25) is 0 Å². The number of aromatic amines is 6. The van der Waals surface area contributed by atoms with Crippen LogP contribution in [0.1, 0.15) is 373 Å². The molecule has 13 heterocycles. The summed E-state index contributed by atoms with van der Waals surface area (Å²) < 4.78 is 0. The van der Waals surface area contributed by atoms with Crippen LogP contribution in [0.5, 0.6) is 0 Å². The van der Waals surface area contributed by atoms with Crippen molar-refractivity contribution >= 4 is 91.7 Å². The molecule has 0 unspecified atom stereocenters. The normalized spacial score (nSPS) is 14.1. The van der Waals surface area contributed by atoms with E-state index < -0.39 is 0 Å². The zero-order valence-corrected chi connectivity index (χ0v) is 91.6. The van der Waals surface area contributed by atoms with E-state index >= 15 is 0 Å². The topological polar surface area (TPSA) is 146 Å². The van der Waals surface area contributed by atoms with Gasteiger partial charge < -0.3 is 29.9 Å². The van der Waals surface area contributed by atoms with Crippen molar-refractivity contribution in [3.63, 3.8) is 0 Å². The second-order valence-electron chi connectivity index (χ2n) is 53.8. The molecule has 142 heavy (non-hydrogen) atoms. The maximum absolute atomic E-state index is 6.25. The lowest BCUT2D eigenvalue weighted by atomic mass is 9.78. The van der Waals surface area contributed by atoms with Crippen molar-refractivity contribution in [1.82, 2.24) is 49.8 Å². The fourth-order valence-electron chi connectivity index (χ4n) is 20.5. The molecule has 0 saturated carbocycles. The van der Waals surface area contributed by atoms with Crippen LogP contribution in [0.15, 0.2) is 182 Å². The summed E-state index contributed by atoms with van der Waals surface area (Å²) in [7, 11) is 0. The second kappa shape index (κ2) is 33.3. The highest BCUT2D eigenvalue weighted by Gasteiger charge is 2.36. The van der Waals surface area contributed by atoms with Gasteiger partial charge >= 0.3 is 0 Å². The molecule has 0 atom stereocenters. The second-order valence-corrected chi connectivity index (χ2v) is 53.8. The third-order valence-electron chi connectivity index (χ3n) is 29.9. The summed E-state index contributed by atoms with van der Waals surface area (Å²) in [6, 6.07) is 71.6. The first-order valence-electron chi connectivity index (χ1n) is 51.6. The van der Waals surface area contributed by atoms with Gasteiger partial charge in [0.25, 0.3) is 0 Å². The Labute approximate surface area is 845 Å². The van der Waals surface area contributed by atoms with Crippen LogP contribution in [0.2, 0.25) is 0 Å². The van der Waals surface area contributed by atoms with Gasteiger partial charge in [-0.15, -0.1) is 0 Å². The van der Waals surface area contributed by atoms with E-state index in [1.807, 2.05) is 0 Å². The molecule has 5 aliphatic rings. The molecule has 10 heteroatoms. The third-order valence-corrected chi connectivity index (χ3v) is 29.9. The van der Waals surface area contributed by atoms with Crippen LogP contribution in [-0.2, 0) is 65.0 Å². The molecule has 10 nitrogen and oxygen atoms in total. The molecule has 0 fully saturated rings. The lowest BCUT2D eigenvalue weighted by Gasteiger charge is -2.26. The summed E-state index contributed by atoms with van der Waals surface area (Å²) in [4.78, 5) is 50.6. The van der Waals surface area contributed by atoms with E-state index in [0.717, 1.165) is 201 Å². The maximum Gasteiger partial charge on any atom is 0.0752 e. The first-order valence-corrected chi connectivity index (χ1v) is 51.6. The van der Waals surface area contributed by atoms with E-state index in [1.165, 1.54) is 66.8 Å². The summed E-state index contributed by atoms with van der Waals surface area (Å²) in [6.07, 6.45) is 13.8. The van der Waals surface area contributed by atoms with Gasteiger partial charge in [-0.2, -0.15) is 0 Å². The summed E-state index contributed by atoms with van der Waals surface area (Å²) in [6.45, 7) is 84.2. The Hall–Kier alpha value is -12.9. The van der Waals surface area contributed by atoms with Crippen molar-refractivity contribution in [2.45, 2.75) is 314 Å². The Morgan fingerprint density at radius 1 is 0.176 bits per heavy atom. The molecule has 19 rings (SSSR count). The van der Waals surface area contributed by atoms with E-state index in [1.54, 1.807) is 0 Å². The first kappa shape index (κ1) is 97.9. The molecule has 6 aromatic carbocycles. The van der Waals surface area contributed by atoms with E-state index in [2.05, 4.69) is 498 Å². The quantitative estimate of drug-likeness (QED) is 0.0984. The van der Waals surface area contributed by atoms with Crippen molar-refractivity contribution in [2.75, 3.05) is 0 Å². The monoisotopic (exact) mass is 1880 g/mol. The van der Waals surface area contributed by atoms with E-state index in [4.69, 9.17) is 19.9 Å². The van der Waals surface area contributed by atoms with Crippen LogP contribution in [0, 0.1) is 0 Å². The number of hydrogen-bond acceptors (Lipinski definition) is 4. The molecular formula is C132H150N10. The summed E-state index contributed by atoms with van der Waals surface area (Å²) >= 11 is 0. The first-order chi connectivity index (χ1) is 65.8. The molecule has 22 bridgehead atoms. The number of rotatable bonds is 6. The minimum Gasteiger partial charge on any atom is -0.355 e. The lowest BCUT2D eigenvalue weighted by molar-refractivity contribution is 0.568. The molecule has 5 aliphatic heterocycles. The Balaban J connectivity index is 1.05. The van der Waals surface area contributed by atoms with E-state index in [0.29, 0.717) is 0 Å². The molecule has 0 aliphatic carbocycles. The molecule has 14 aromatic rings. The number of nitrogens with zero attached hydrogens (tertiary/aromatic N) is 4. The van der Waals surface area contributed by atoms with Gasteiger partial charge in [0.15, 0.2) is 0 Å². The number of benzene rings is 6. The molecule has 728 valence electrons. The van der Waals surface area contributed by atoms with Crippen LogP contribution in [0.25, 0.3) is 181 Å². The van der Waals surface area contributed by atoms with Crippen molar-refractivity contribution in [3.05, 3.63) is 306 Å². The van der Waals surface area contributed by atoms with E-state index in [-0.39, 0.29) is 65.0 Å². The predicted octanol–water partition coefficient (Wildman–Crippen LogP) is 36.3. The van der Waals surface area contributed by atoms with Gasteiger partial charge in [-0.05, 0) is 274 Å². The third kappa shape index (κ3) is 18.7. The van der Waals surface area contributed by atoms with E-state index in [9.17, 15) is 0 Å². The molecule has 0 radical (unpaired) electrons. The van der Waals surface area contributed by atoms with Crippen LogP contribution < -0.4 is 0 Å². The van der Waals surface area contributed by atoms with Gasteiger partial charge in [0.05, 0.1) is 56.6 Å². The van der Waals surface area contributed by atoms with Gasteiger partial charge in [0.2, 0.25) is 0 Å². The smallest absolute Gasteiger partial charge is 0.0752 e. The minimum absolute atomic E-state index is 0.185. The van der Waals surface area contributed by atoms with Gasteiger partial charge in [0.1, 0.15) is 0 Å². The molecule has 0 saturated heterocycles. The van der Waals surface area contributed by atoms with Crippen LogP contribution >= 0.6 is 0 Å². The fourth-order valence-corrected chi connectivity index (χ4v) is 20.5. The molecule has 6 N–H and O–H groups in total. The summed E-state index contributed by atoms with van der Waals surface area (Å²) in [5, 5.41) is 0. The Bertz CT molecular complexity index is 7890. The van der Waals surface area contributed by atoms with Crippen molar-refractivity contribution in [1.29, 1.82) is 0 Å². The fraction of sp³-hybridized carbons (Fsp3) is 0.364. The molecule has 0 spiro atoms. The predicted molar refractivity (Wildman–Crippen MR) is 610 cm³/mol. The number of H-pyrrole nitrogens is 6. The van der Waals surface area contributed by atoms with Crippen molar-refractivity contribution in [2.24, 2.45) is 0 Å². The summed E-state index contributed by atoms with van der Waals surface area (Å²) in [5.41, 5.74) is 45.8. The Morgan fingerprint density at radius 2 is 0.415 bits per heavy atom. The lowest BCUT2D eigenvalue weighted by Crippen LogP contribution is -2.16. The SMILES string of the molecule is CC(C)(C)c1cc(-c2c3nc(c(-c4cc(C(C)(C)C)cc(C(C)(C)C)c4)c4[nH]c5cc4-c4ccc([nH]4)-c4cc6[nH]c4cc4nc(c(-c7cc(C(C)(C)C)cc(C(C)(C)C)c7)c7ccc([nH]7)c(-c7cc(C(C)(C)C)cc(C(C)(C)C)c7)c7nc(c6-c6cc(C(C)(C)C)cc(C(C)(C)C)c6)C=C7)C=C4c4ccc([nH]4)C4=Cc(nc4cc4ccc2[nH]4)c5-c2cc(C(C)(C)C)cc(C(C)(C)C)c2)C=C3)cc(C(C)(C)C)c1. The number of aromatic nitrogens is 10. The summed E-state index contributed by atoms with van der Waals surface area (Å²) in [5.74, 6) is 0. The number of fused-ring (bicyclic) bond motifs is 23. The van der Waals surface area contributed by atoms with Gasteiger partial charge in [-0.1, -0.05) is 358 Å². The highest BCUT2D eigenvalue weighted by atomic mass is 14.9. The zero-order valence-electron chi connectivity index (χ0n) is 91.6. The van der Waals surface area contributed by atoms with Gasteiger partial charge in [-0.25, -0.2) is 19.9 Å². The number of hydrogen-bond donors (Lipinski definition) is 6. The molecular weight excluding hydrogens is 1730 g/mol. The average Bonchev–Trinajstić information content (AvgIpc) is 1.59. The van der Waals surface area contributed by atoms with Crippen LogP contribution in [-0.4, -0.2) is 49.8 Å². The Kier molecular flexibility index (Phi) is 23.0. The average molecular weight is 1880 g/mol. The van der Waals surface area contributed by atoms with Crippen molar-refractivity contribution < 1.29 is 0 Å². The maximum atomic E-state index is 6.25. The number of nitrogens with one attached hydrogen (secondary N) is 6. The Morgan fingerprint density at radius 3 is 0.746 bits per heavy atom. The van der Waals surface area contributed by atoms with Crippen LogP contribution in [0.4, 0.5) is 0 Å². The molecule has 8 aromatic heterocycles. The molecule has 0 amide bonds. The zero-order chi connectivity index (χ0) is 102. The van der Waals surface area contributed by atoms with Crippen molar-refractivity contribution in [3.8, 4) is 89.3 Å². The van der Waals surface area contributed by atoms with Crippen LogP contribution in [0.3, 0.4) is 0 Å². The highest BCUT2D eigenvalue weighted by molar-refractivity contribution is 6.08.